The van der Waals surface area contributed by atoms with Crippen LogP contribution in [0.3, 0.4) is 0 Å². The van der Waals surface area contributed by atoms with Gasteiger partial charge in [0.05, 0.1) is 5.69 Å². The van der Waals surface area contributed by atoms with Crippen molar-refractivity contribution in [2.45, 2.75) is 18.6 Å². The first-order valence-electron chi connectivity index (χ1n) is 8.87. The third-order valence-electron chi connectivity index (χ3n) is 4.83. The van der Waals surface area contributed by atoms with Crippen LogP contribution in [0.2, 0.25) is 0 Å². The number of hydrogen-bond donors (Lipinski definition) is 1. The Balaban J connectivity index is 1.99. The molecule has 1 aromatic carbocycles. The maximum absolute atomic E-state index is 14.0. The largest absolute Gasteiger partial charge is 0.301 e. The number of halogens is 1. The van der Waals surface area contributed by atoms with E-state index in [0.29, 0.717) is 23.0 Å². The van der Waals surface area contributed by atoms with Gasteiger partial charge in [-0.15, -0.1) is 0 Å². The number of hydrogen-bond acceptors (Lipinski definition) is 6. The Labute approximate surface area is 162 Å². The lowest BCUT2D eigenvalue weighted by molar-refractivity contribution is 0.132. The van der Waals surface area contributed by atoms with Crippen LogP contribution in [0, 0.1) is 17.1 Å². The number of aromatic nitrogens is 2. The third-order valence-corrected chi connectivity index (χ3v) is 5.41. The van der Waals surface area contributed by atoms with Gasteiger partial charge in [0, 0.05) is 38.3 Å². The Hall–Kier alpha value is -2.21. The summed E-state index contributed by atoms with van der Waals surface area (Å²) in [6, 6.07) is 6.37. The standard InChI is InChI=1S/C19H22FN5OS/c1-3-24-6-8-25(9-7-24)12-13-10-14(20)4-5-15(13)17-16(11-21)18(26)23-19(22-17)27-2/h4-5,10H,3,6-9,12H2,1-2H3,(H,22,23,26). The summed E-state index contributed by atoms with van der Waals surface area (Å²) in [6.07, 6.45) is 1.80. The summed E-state index contributed by atoms with van der Waals surface area (Å²) >= 11 is 1.29. The molecule has 1 N–H and O–H groups in total. The monoisotopic (exact) mass is 387 g/mol. The van der Waals surface area contributed by atoms with Crippen LogP contribution in [-0.2, 0) is 6.54 Å². The molecule has 0 radical (unpaired) electrons. The van der Waals surface area contributed by atoms with Gasteiger partial charge >= 0.3 is 0 Å². The fourth-order valence-corrected chi connectivity index (χ4v) is 3.65. The molecule has 6 nitrogen and oxygen atoms in total. The smallest absolute Gasteiger partial charge is 0.270 e. The molecule has 2 heterocycles. The third kappa shape index (κ3) is 4.38. The van der Waals surface area contributed by atoms with Crippen LogP contribution >= 0.6 is 11.8 Å². The number of H-pyrrole nitrogens is 1. The fraction of sp³-hybridized carbons (Fsp3) is 0.421. The van der Waals surface area contributed by atoms with Gasteiger partial charge in [-0.3, -0.25) is 9.69 Å². The second-order valence-corrected chi connectivity index (χ2v) is 7.22. The molecular formula is C19H22FN5OS. The van der Waals surface area contributed by atoms with Gasteiger partial charge in [-0.2, -0.15) is 5.26 Å². The highest BCUT2D eigenvalue weighted by atomic mass is 32.2. The second kappa shape index (κ2) is 8.65. The van der Waals surface area contributed by atoms with Crippen molar-refractivity contribution >= 4 is 11.8 Å². The zero-order chi connectivity index (χ0) is 19.4. The van der Waals surface area contributed by atoms with E-state index in [1.807, 2.05) is 6.07 Å². The van der Waals surface area contributed by atoms with E-state index in [0.717, 1.165) is 38.3 Å². The predicted octanol–water partition coefficient (Wildman–Crippen LogP) is 2.31. The molecule has 3 rings (SSSR count). The zero-order valence-electron chi connectivity index (χ0n) is 15.5. The van der Waals surface area contributed by atoms with Crippen LogP contribution in [0.25, 0.3) is 11.3 Å². The lowest BCUT2D eigenvalue weighted by Gasteiger charge is -2.34. The highest BCUT2D eigenvalue weighted by molar-refractivity contribution is 7.98. The van der Waals surface area contributed by atoms with E-state index < -0.39 is 5.56 Å². The number of nitriles is 1. The number of thioether (sulfide) groups is 1. The Morgan fingerprint density at radius 3 is 2.63 bits per heavy atom. The summed E-state index contributed by atoms with van der Waals surface area (Å²) < 4.78 is 14.0. The van der Waals surface area contributed by atoms with Crippen LogP contribution in [0.1, 0.15) is 18.1 Å². The number of benzene rings is 1. The van der Waals surface area contributed by atoms with Gasteiger partial charge in [-0.25, -0.2) is 9.37 Å². The molecule has 2 aromatic rings. The molecule has 0 amide bonds. The molecule has 0 unspecified atom stereocenters. The Morgan fingerprint density at radius 2 is 2.00 bits per heavy atom. The minimum atomic E-state index is -0.473. The molecule has 1 saturated heterocycles. The van der Waals surface area contributed by atoms with Gasteiger partial charge in [0.15, 0.2) is 5.16 Å². The van der Waals surface area contributed by atoms with E-state index in [9.17, 15) is 14.4 Å². The van der Waals surface area contributed by atoms with Crippen molar-refractivity contribution in [1.29, 1.82) is 5.26 Å². The number of nitrogens with one attached hydrogen (secondary N) is 1. The number of nitrogens with zero attached hydrogens (tertiary/aromatic N) is 4. The van der Waals surface area contributed by atoms with Crippen molar-refractivity contribution in [2.75, 3.05) is 39.0 Å². The number of rotatable bonds is 5. The number of piperazine rings is 1. The first-order valence-corrected chi connectivity index (χ1v) is 10.1. The van der Waals surface area contributed by atoms with E-state index in [4.69, 9.17) is 0 Å². The molecule has 0 bridgehead atoms. The van der Waals surface area contributed by atoms with Gasteiger partial charge in [-0.1, -0.05) is 18.7 Å². The molecular weight excluding hydrogens is 365 g/mol. The SMILES string of the molecule is CCN1CCN(Cc2cc(F)ccc2-c2nc(SC)[nH]c(=O)c2C#N)CC1. The van der Waals surface area contributed by atoms with Gasteiger partial charge in [-0.05, 0) is 36.6 Å². The van der Waals surface area contributed by atoms with Crippen LogP contribution < -0.4 is 5.56 Å². The van der Waals surface area contributed by atoms with Gasteiger partial charge in [0.1, 0.15) is 17.4 Å². The molecule has 0 spiro atoms. The van der Waals surface area contributed by atoms with E-state index in [2.05, 4.69) is 26.7 Å². The number of aromatic amines is 1. The summed E-state index contributed by atoms with van der Waals surface area (Å²) in [5.41, 5.74) is 1.16. The Morgan fingerprint density at radius 1 is 1.30 bits per heavy atom. The topological polar surface area (TPSA) is 76.0 Å². The molecule has 8 heteroatoms. The van der Waals surface area contributed by atoms with Crippen LogP contribution in [0.15, 0.2) is 28.2 Å². The molecule has 1 aromatic heterocycles. The van der Waals surface area contributed by atoms with Crippen molar-refractivity contribution in [3.05, 3.63) is 45.5 Å². The molecule has 1 fully saturated rings. The van der Waals surface area contributed by atoms with E-state index in [-0.39, 0.29) is 11.4 Å². The maximum Gasteiger partial charge on any atom is 0.270 e. The van der Waals surface area contributed by atoms with Crippen molar-refractivity contribution in [3.8, 4) is 17.3 Å². The highest BCUT2D eigenvalue weighted by Gasteiger charge is 2.20. The first-order chi connectivity index (χ1) is 13.0. The molecule has 0 atom stereocenters. The van der Waals surface area contributed by atoms with Crippen molar-refractivity contribution < 1.29 is 4.39 Å². The van der Waals surface area contributed by atoms with Gasteiger partial charge in [0.2, 0.25) is 0 Å². The van der Waals surface area contributed by atoms with Crippen LogP contribution in [0.5, 0.6) is 0 Å². The summed E-state index contributed by atoms with van der Waals surface area (Å²) in [5, 5.41) is 9.87. The van der Waals surface area contributed by atoms with Crippen molar-refractivity contribution in [1.82, 2.24) is 19.8 Å². The normalized spacial score (nSPS) is 15.6. The lowest BCUT2D eigenvalue weighted by atomic mass is 10.0. The van der Waals surface area contributed by atoms with E-state index in [1.54, 1.807) is 12.3 Å². The minimum Gasteiger partial charge on any atom is -0.301 e. The minimum absolute atomic E-state index is 0.0449. The van der Waals surface area contributed by atoms with Crippen LogP contribution in [-0.4, -0.2) is 58.7 Å². The van der Waals surface area contributed by atoms with Gasteiger partial charge < -0.3 is 9.88 Å². The zero-order valence-corrected chi connectivity index (χ0v) is 16.3. The summed E-state index contributed by atoms with van der Waals surface area (Å²) in [5.74, 6) is -0.339. The summed E-state index contributed by atoms with van der Waals surface area (Å²) in [4.78, 5) is 23.9. The van der Waals surface area contributed by atoms with Gasteiger partial charge in [0.25, 0.3) is 5.56 Å². The van der Waals surface area contributed by atoms with Crippen molar-refractivity contribution in [3.63, 3.8) is 0 Å². The summed E-state index contributed by atoms with van der Waals surface area (Å²) in [6.45, 7) is 7.47. The quantitative estimate of drug-likeness (QED) is 0.627. The predicted molar refractivity (Wildman–Crippen MR) is 104 cm³/mol. The Bertz CT molecular complexity index is 915. The molecule has 0 aliphatic carbocycles. The van der Waals surface area contributed by atoms with E-state index in [1.165, 1.54) is 23.9 Å². The first kappa shape index (κ1) is 19.5. The summed E-state index contributed by atoms with van der Waals surface area (Å²) in [7, 11) is 0. The Kier molecular flexibility index (Phi) is 6.26. The molecule has 142 valence electrons. The second-order valence-electron chi connectivity index (χ2n) is 6.42. The molecule has 27 heavy (non-hydrogen) atoms. The molecule has 0 saturated carbocycles. The van der Waals surface area contributed by atoms with Crippen molar-refractivity contribution in [2.24, 2.45) is 0 Å². The lowest BCUT2D eigenvalue weighted by Crippen LogP contribution is -2.45. The maximum atomic E-state index is 14.0. The fourth-order valence-electron chi connectivity index (χ4n) is 3.28. The van der Waals surface area contributed by atoms with Crippen LogP contribution in [0.4, 0.5) is 4.39 Å². The number of likely N-dealkylation sites (N-methyl/N-ethyl adjacent to an activating group) is 1. The average molecular weight is 387 g/mol. The highest BCUT2D eigenvalue weighted by Crippen LogP contribution is 2.27. The van der Waals surface area contributed by atoms with E-state index >= 15 is 0 Å². The molecule has 1 aliphatic rings. The average Bonchev–Trinajstić information content (AvgIpc) is 2.68. The molecule has 1 aliphatic heterocycles.